The molecule has 1 aliphatic heterocycles. The fourth-order valence-corrected chi connectivity index (χ4v) is 6.84. The Balaban J connectivity index is 1.22. The zero-order chi connectivity index (χ0) is 33.4. The van der Waals surface area contributed by atoms with E-state index in [0.29, 0.717) is 55.3 Å². The van der Waals surface area contributed by atoms with Gasteiger partial charge in [-0.25, -0.2) is 9.78 Å². The zero-order valence-corrected chi connectivity index (χ0v) is 27.4. The van der Waals surface area contributed by atoms with Crippen LogP contribution in [0.1, 0.15) is 58.6 Å². The van der Waals surface area contributed by atoms with Crippen molar-refractivity contribution in [3.05, 3.63) is 112 Å². The maximum absolute atomic E-state index is 13.7. The Morgan fingerprint density at radius 1 is 1.10 bits per heavy atom. The van der Waals surface area contributed by atoms with Crippen molar-refractivity contribution < 1.29 is 14.3 Å². The molecule has 3 aliphatic rings. The Kier molecular flexibility index (Phi) is 8.47. The third-order valence-electron chi connectivity index (χ3n) is 9.54. The molecule has 7 rings (SSSR count). The van der Waals surface area contributed by atoms with E-state index in [0.717, 1.165) is 33.7 Å². The summed E-state index contributed by atoms with van der Waals surface area (Å²) in [6.45, 7) is 2.24. The van der Waals surface area contributed by atoms with Crippen molar-refractivity contribution >= 4 is 40.9 Å². The van der Waals surface area contributed by atoms with Crippen molar-refractivity contribution in [3.8, 4) is 6.07 Å². The van der Waals surface area contributed by atoms with Gasteiger partial charge in [0.25, 0.3) is 5.91 Å². The highest BCUT2D eigenvalue weighted by Gasteiger charge is 2.51. The van der Waals surface area contributed by atoms with E-state index in [1.807, 2.05) is 41.9 Å². The third kappa shape index (κ3) is 5.94. The van der Waals surface area contributed by atoms with E-state index in [4.69, 9.17) is 26.6 Å². The highest BCUT2D eigenvalue weighted by atomic mass is 35.5. The second-order valence-corrected chi connectivity index (χ2v) is 12.8. The second-order valence-electron chi connectivity index (χ2n) is 12.4. The first kappa shape index (κ1) is 31.6. The van der Waals surface area contributed by atoms with Gasteiger partial charge in [0.2, 0.25) is 0 Å². The van der Waals surface area contributed by atoms with Crippen molar-refractivity contribution in [3.63, 3.8) is 0 Å². The number of fused-ring (bicyclic) bond motifs is 2. The molecule has 12 heteroatoms. The summed E-state index contributed by atoms with van der Waals surface area (Å²) >= 11 is 6.70. The second kappa shape index (κ2) is 12.9. The number of carbonyl (C=O) groups excluding carboxylic acids is 2. The van der Waals surface area contributed by atoms with Crippen molar-refractivity contribution in [1.82, 2.24) is 29.7 Å². The molecule has 244 valence electrons. The van der Waals surface area contributed by atoms with Crippen LogP contribution in [0.15, 0.2) is 73.3 Å². The van der Waals surface area contributed by atoms with Crippen LogP contribution in [0.2, 0.25) is 5.02 Å². The molecular formula is C36H35ClN8O3. The monoisotopic (exact) mass is 662 g/mol. The lowest BCUT2D eigenvalue weighted by Gasteiger charge is -2.40. The fraction of sp³-hybridized carbons (Fsp3) is 0.306. The summed E-state index contributed by atoms with van der Waals surface area (Å²) in [4.78, 5) is 40.3. The predicted octanol–water partition coefficient (Wildman–Crippen LogP) is 5.17. The van der Waals surface area contributed by atoms with E-state index >= 15 is 0 Å². The predicted molar refractivity (Wildman–Crippen MR) is 182 cm³/mol. The number of ether oxygens (including phenoxy) is 1. The molecule has 2 N–H and O–H groups in total. The van der Waals surface area contributed by atoms with E-state index in [2.05, 4.69) is 32.7 Å². The van der Waals surface area contributed by atoms with Gasteiger partial charge in [-0.05, 0) is 83.6 Å². The molecule has 4 aromatic rings. The molecule has 3 heterocycles. The number of amides is 3. The molecule has 11 nitrogen and oxygen atoms in total. The number of imidazole rings is 1. The minimum absolute atomic E-state index is 0.164. The highest BCUT2D eigenvalue weighted by Crippen LogP contribution is 2.45. The van der Waals surface area contributed by atoms with Crippen molar-refractivity contribution in [2.45, 2.75) is 30.5 Å². The van der Waals surface area contributed by atoms with Gasteiger partial charge in [0.1, 0.15) is 5.60 Å². The normalized spacial score (nSPS) is 18.8. The van der Waals surface area contributed by atoms with Gasteiger partial charge in [-0.3, -0.25) is 14.7 Å². The molecule has 2 aromatic heterocycles. The van der Waals surface area contributed by atoms with Crippen LogP contribution in [0.3, 0.4) is 0 Å². The number of benzene rings is 2. The Morgan fingerprint density at radius 2 is 1.88 bits per heavy atom. The first-order chi connectivity index (χ1) is 23.3. The van der Waals surface area contributed by atoms with Gasteiger partial charge in [-0.1, -0.05) is 23.7 Å². The number of carbonyl (C=O) groups is 2. The average molecular weight is 663 g/mol. The van der Waals surface area contributed by atoms with Crippen molar-refractivity contribution in [2.75, 3.05) is 38.6 Å². The van der Waals surface area contributed by atoms with Crippen LogP contribution >= 0.6 is 11.6 Å². The van der Waals surface area contributed by atoms with Gasteiger partial charge in [0.15, 0.2) is 0 Å². The number of anilines is 1. The quantitative estimate of drug-likeness (QED) is 0.279. The molecule has 1 saturated heterocycles. The molecule has 1 saturated carbocycles. The number of halogens is 1. The maximum atomic E-state index is 13.7. The number of nitrogens with zero attached hydrogens (tertiary/aromatic N) is 6. The third-order valence-corrected chi connectivity index (χ3v) is 9.77. The molecule has 2 fully saturated rings. The van der Waals surface area contributed by atoms with Crippen LogP contribution < -0.4 is 10.6 Å². The lowest BCUT2D eigenvalue weighted by Crippen LogP contribution is -2.51. The molecular weight excluding hydrogens is 628 g/mol. The van der Waals surface area contributed by atoms with Crippen LogP contribution in [0.25, 0.3) is 11.6 Å². The summed E-state index contributed by atoms with van der Waals surface area (Å²) in [6, 6.07) is 17.8. The van der Waals surface area contributed by atoms with Crippen LogP contribution in [-0.4, -0.2) is 75.2 Å². The van der Waals surface area contributed by atoms with E-state index in [9.17, 15) is 9.59 Å². The van der Waals surface area contributed by atoms with E-state index in [1.165, 1.54) is 0 Å². The summed E-state index contributed by atoms with van der Waals surface area (Å²) in [5.41, 5.74) is 5.76. The van der Waals surface area contributed by atoms with Crippen molar-refractivity contribution in [2.24, 2.45) is 7.05 Å². The number of methoxy groups -OCH3 is 1. The van der Waals surface area contributed by atoms with Crippen molar-refractivity contribution in [1.29, 1.82) is 5.26 Å². The Labute approximate surface area is 283 Å². The molecule has 3 amide bonds. The van der Waals surface area contributed by atoms with Gasteiger partial charge in [0, 0.05) is 57.2 Å². The molecule has 0 spiro atoms. The largest absolute Gasteiger partial charge is 0.368 e. The summed E-state index contributed by atoms with van der Waals surface area (Å²) in [5, 5.41) is 15.9. The highest BCUT2D eigenvalue weighted by molar-refractivity contribution is 6.30. The minimum atomic E-state index is -0.826. The Hall–Kier alpha value is -5.02. The molecule has 2 atom stereocenters. The van der Waals surface area contributed by atoms with Gasteiger partial charge in [-0.15, -0.1) is 0 Å². The molecule has 2 unspecified atom stereocenters. The molecule has 0 radical (unpaired) electrons. The lowest BCUT2D eigenvalue weighted by atomic mass is 9.89. The molecule has 48 heavy (non-hydrogen) atoms. The van der Waals surface area contributed by atoms with E-state index in [1.54, 1.807) is 55.0 Å². The number of aryl methyl sites for hydroxylation is 1. The summed E-state index contributed by atoms with van der Waals surface area (Å²) in [5.74, 6) is -0.164. The fourth-order valence-electron chi connectivity index (χ4n) is 6.67. The number of urea groups is 1. The van der Waals surface area contributed by atoms with E-state index in [-0.39, 0.29) is 18.0 Å². The molecule has 0 bridgehead atoms. The topological polar surface area (TPSA) is 128 Å². The average Bonchev–Trinajstić information content (AvgIpc) is 3.83. The summed E-state index contributed by atoms with van der Waals surface area (Å²) in [6.07, 6.45) is 8.74. The van der Waals surface area contributed by atoms with Gasteiger partial charge >= 0.3 is 6.03 Å². The van der Waals surface area contributed by atoms with Crippen LogP contribution in [0.5, 0.6) is 0 Å². The van der Waals surface area contributed by atoms with Gasteiger partial charge < -0.3 is 24.8 Å². The number of nitriles is 1. The number of piperazine rings is 1. The number of nitrogens with one attached hydrogen (secondary N) is 2. The minimum Gasteiger partial charge on any atom is -0.368 e. The number of pyridine rings is 1. The lowest BCUT2D eigenvalue weighted by molar-refractivity contribution is -0.134. The summed E-state index contributed by atoms with van der Waals surface area (Å²) in [7, 11) is 3.49. The van der Waals surface area contributed by atoms with Crippen LogP contribution in [0.4, 0.5) is 10.5 Å². The standard InChI is InChI=1S/C36H35ClN8O3/c1-43-22-39-21-30(43)32(42-34(46)36(48-2)11-12-36)29-18-24-4-3-13-40-31(24)33(27-10-7-25(37)19-28(27)29)44-14-16-45(17-15-44)35(47)41-26-8-5-23(20-38)6-9-26/h3-10,13,18-19,21-22,32-33H,11-12,14-17H2,1-2H3,(H,41,47)(H,42,46). The Bertz CT molecular complexity index is 1940. The van der Waals surface area contributed by atoms with E-state index < -0.39 is 11.6 Å². The van der Waals surface area contributed by atoms with Gasteiger partial charge in [-0.2, -0.15) is 5.26 Å². The smallest absolute Gasteiger partial charge is 0.321 e. The number of hydrogen-bond donors (Lipinski definition) is 2. The first-order valence-corrected chi connectivity index (χ1v) is 16.3. The first-order valence-electron chi connectivity index (χ1n) is 15.9. The zero-order valence-electron chi connectivity index (χ0n) is 26.7. The Morgan fingerprint density at radius 3 is 2.54 bits per heavy atom. The molecule has 2 aromatic carbocycles. The maximum Gasteiger partial charge on any atom is 0.321 e. The van der Waals surface area contributed by atoms with Gasteiger partial charge in [0.05, 0.1) is 47.6 Å². The molecule has 2 aliphatic carbocycles. The number of hydrogen-bond acceptors (Lipinski definition) is 7. The number of aromatic nitrogens is 3. The van der Waals surface area contributed by atoms with Crippen LogP contribution in [0, 0.1) is 11.3 Å². The number of rotatable bonds is 7. The summed E-state index contributed by atoms with van der Waals surface area (Å²) < 4.78 is 7.56. The SMILES string of the molecule is COC1(C(=O)NC(C2=Cc3cccnc3C(N3CCN(C(=O)Nc4ccc(C#N)cc4)CC3)c3ccc(Cl)cc32)c2cncn2C)CC1. The van der Waals surface area contributed by atoms with Crippen LogP contribution in [-0.2, 0) is 16.6 Å².